The van der Waals surface area contributed by atoms with Crippen LogP contribution in [-0.2, 0) is 4.79 Å². The van der Waals surface area contributed by atoms with Crippen LogP contribution in [0.1, 0.15) is 73.0 Å². The van der Waals surface area contributed by atoms with E-state index >= 15 is 0 Å². The maximum Gasteiger partial charge on any atom is 0.256 e. The first-order valence-electron chi connectivity index (χ1n) is 15.0. The van der Waals surface area contributed by atoms with Crippen molar-refractivity contribution in [2.45, 2.75) is 63.6 Å². The van der Waals surface area contributed by atoms with Gasteiger partial charge in [-0.3, -0.25) is 14.3 Å². The zero-order chi connectivity index (χ0) is 30.6. The lowest BCUT2D eigenvalue weighted by atomic mass is 9.90. The van der Waals surface area contributed by atoms with Crippen LogP contribution in [0.2, 0.25) is 0 Å². The molecule has 5 N–H and O–H groups in total. The van der Waals surface area contributed by atoms with Crippen LogP contribution in [0.4, 0.5) is 11.6 Å². The number of benzene rings is 1. The second kappa shape index (κ2) is 12.7. The SMILES string of the molecule is C[C@@H]1CC(=O)N[C@@H]2CCC[C@H](C2)n2nc(-c3ccc(C(=O)Nc4cc(C#N)ccn4)cc3)c3c(N)ncc(c32)/C=C/CCN1. The maximum absolute atomic E-state index is 12.9. The van der Waals surface area contributed by atoms with Gasteiger partial charge in [0, 0.05) is 47.6 Å². The smallest absolute Gasteiger partial charge is 0.256 e. The van der Waals surface area contributed by atoms with Crippen LogP contribution in [0.25, 0.3) is 28.2 Å². The van der Waals surface area contributed by atoms with Gasteiger partial charge in [-0.2, -0.15) is 10.4 Å². The lowest BCUT2D eigenvalue weighted by molar-refractivity contribution is -0.122. The van der Waals surface area contributed by atoms with Gasteiger partial charge >= 0.3 is 0 Å². The van der Waals surface area contributed by atoms with E-state index < -0.39 is 0 Å². The van der Waals surface area contributed by atoms with Crippen LogP contribution in [-0.4, -0.2) is 50.2 Å². The number of nitrogen functional groups attached to an aromatic ring is 1. The molecule has 1 saturated carbocycles. The van der Waals surface area contributed by atoms with Crippen molar-refractivity contribution >= 4 is 40.4 Å². The second-order valence-electron chi connectivity index (χ2n) is 11.5. The standard InChI is InChI=1S/C33H35N9O2/c1-20-15-28(43)39-25-6-4-7-26(17-25)42-31-24(5-2-3-13-36-20)19-38-32(35)29(31)30(41-42)22-8-10-23(11-9-22)33(44)40-27-16-21(18-34)12-14-37-27/h2,5,8-12,14,16,19-20,25-26,36H,3-4,6-7,13,15,17H2,1H3,(H2,35,38)(H,39,43)(H,37,40,44)/b5-2+/t20-,25-,26-/m1/s1. The zero-order valence-corrected chi connectivity index (χ0v) is 24.6. The molecule has 3 atom stereocenters. The fourth-order valence-corrected chi connectivity index (χ4v) is 6.12. The predicted octanol–water partition coefficient (Wildman–Crippen LogP) is 4.58. The van der Waals surface area contributed by atoms with Crippen LogP contribution in [0, 0.1) is 11.3 Å². The van der Waals surface area contributed by atoms with Gasteiger partial charge < -0.3 is 21.7 Å². The van der Waals surface area contributed by atoms with E-state index in [2.05, 4.69) is 42.8 Å². The van der Waals surface area contributed by atoms with Gasteiger partial charge in [0.05, 0.1) is 28.6 Å². The molecule has 0 radical (unpaired) electrons. The molecule has 11 nitrogen and oxygen atoms in total. The van der Waals surface area contributed by atoms with Gasteiger partial charge in [-0.1, -0.05) is 24.3 Å². The molecular formula is C33H35N9O2. The molecule has 1 aliphatic heterocycles. The number of aromatic nitrogens is 4. The van der Waals surface area contributed by atoms with E-state index in [9.17, 15) is 9.59 Å². The summed E-state index contributed by atoms with van der Waals surface area (Å²) < 4.78 is 2.08. The van der Waals surface area contributed by atoms with Gasteiger partial charge in [-0.25, -0.2) is 9.97 Å². The van der Waals surface area contributed by atoms with Gasteiger partial charge in [0.1, 0.15) is 17.3 Å². The van der Waals surface area contributed by atoms with Crippen LogP contribution in [0.15, 0.2) is 54.9 Å². The van der Waals surface area contributed by atoms with E-state index in [1.807, 2.05) is 25.1 Å². The molecular weight excluding hydrogens is 554 g/mol. The summed E-state index contributed by atoms with van der Waals surface area (Å²) in [5.74, 6) is 0.424. The third-order valence-electron chi connectivity index (χ3n) is 8.28. The highest BCUT2D eigenvalue weighted by atomic mass is 16.2. The Morgan fingerprint density at radius 3 is 2.84 bits per heavy atom. The van der Waals surface area contributed by atoms with E-state index in [4.69, 9.17) is 16.1 Å². The summed E-state index contributed by atoms with van der Waals surface area (Å²) in [5.41, 5.74) is 10.7. The molecule has 0 saturated heterocycles. The summed E-state index contributed by atoms with van der Waals surface area (Å²) in [7, 11) is 0. The van der Waals surface area contributed by atoms with Crippen molar-refractivity contribution in [3.63, 3.8) is 0 Å². The number of nitriles is 1. The van der Waals surface area contributed by atoms with E-state index in [1.165, 1.54) is 12.3 Å². The molecule has 6 rings (SSSR count). The molecule has 224 valence electrons. The molecule has 2 aliphatic rings. The van der Waals surface area contributed by atoms with E-state index in [-0.39, 0.29) is 29.9 Å². The highest BCUT2D eigenvalue weighted by Gasteiger charge is 2.29. The Kier molecular flexibility index (Phi) is 8.34. The normalized spacial score (nSPS) is 21.4. The molecule has 1 aromatic carbocycles. The Morgan fingerprint density at radius 2 is 2.02 bits per heavy atom. The minimum Gasteiger partial charge on any atom is -0.383 e. The second-order valence-corrected chi connectivity index (χ2v) is 11.5. The van der Waals surface area contributed by atoms with E-state index in [0.717, 1.165) is 60.7 Å². The Hall–Kier alpha value is -5.08. The predicted molar refractivity (Wildman–Crippen MR) is 169 cm³/mol. The molecule has 3 aromatic heterocycles. The first-order valence-corrected chi connectivity index (χ1v) is 15.0. The summed E-state index contributed by atoms with van der Waals surface area (Å²) in [6.07, 6.45) is 12.3. The maximum atomic E-state index is 12.9. The van der Waals surface area contributed by atoms with Crippen LogP contribution >= 0.6 is 0 Å². The van der Waals surface area contributed by atoms with E-state index in [0.29, 0.717) is 34.9 Å². The number of carbonyl (C=O) groups is 2. The lowest BCUT2D eigenvalue weighted by Crippen LogP contribution is -2.41. The van der Waals surface area contributed by atoms with Gasteiger partial charge in [-0.05, 0) is 69.8 Å². The number of carbonyl (C=O) groups excluding carboxylic acids is 2. The molecule has 2 amide bonds. The molecule has 4 heterocycles. The molecule has 1 aliphatic carbocycles. The monoisotopic (exact) mass is 589 g/mol. The number of nitrogens with one attached hydrogen (secondary N) is 3. The van der Waals surface area contributed by atoms with Crippen molar-refractivity contribution in [3.05, 3.63) is 71.6 Å². The molecule has 1 fully saturated rings. The molecule has 0 spiro atoms. The number of fused-ring (bicyclic) bond motifs is 3. The molecule has 44 heavy (non-hydrogen) atoms. The summed E-state index contributed by atoms with van der Waals surface area (Å²) in [4.78, 5) is 34.4. The lowest BCUT2D eigenvalue weighted by Gasteiger charge is -2.31. The van der Waals surface area contributed by atoms with Gasteiger partial charge in [-0.15, -0.1) is 0 Å². The summed E-state index contributed by atoms with van der Waals surface area (Å²) >= 11 is 0. The third-order valence-corrected chi connectivity index (χ3v) is 8.28. The fourth-order valence-electron chi connectivity index (χ4n) is 6.12. The first-order chi connectivity index (χ1) is 21.4. The molecule has 2 bridgehead atoms. The Bertz CT molecular complexity index is 1770. The summed E-state index contributed by atoms with van der Waals surface area (Å²) in [5, 5.41) is 24.5. The van der Waals surface area contributed by atoms with Crippen molar-refractivity contribution < 1.29 is 9.59 Å². The largest absolute Gasteiger partial charge is 0.383 e. The molecule has 4 aromatic rings. The van der Waals surface area contributed by atoms with Crippen LogP contribution < -0.4 is 21.7 Å². The number of pyridine rings is 2. The quantitative estimate of drug-likeness (QED) is 0.270. The topological polar surface area (TPSA) is 164 Å². The van der Waals surface area contributed by atoms with Gasteiger partial charge in [0.25, 0.3) is 5.91 Å². The average molecular weight is 590 g/mol. The number of nitrogens with zero attached hydrogens (tertiary/aromatic N) is 5. The number of hydrogen-bond acceptors (Lipinski definition) is 8. The minimum absolute atomic E-state index is 0.0684. The van der Waals surface area contributed by atoms with Crippen LogP contribution in [0.5, 0.6) is 0 Å². The summed E-state index contributed by atoms with van der Waals surface area (Å²) in [6, 6.07) is 12.6. The van der Waals surface area contributed by atoms with Gasteiger partial charge in [0.2, 0.25) is 5.91 Å². The molecule has 11 heteroatoms. The highest BCUT2D eigenvalue weighted by molar-refractivity contribution is 6.06. The van der Waals surface area contributed by atoms with Crippen molar-refractivity contribution in [1.29, 1.82) is 5.26 Å². The number of hydrogen-bond donors (Lipinski definition) is 4. The van der Waals surface area contributed by atoms with Crippen LogP contribution in [0.3, 0.4) is 0 Å². The number of nitrogens with two attached hydrogens (primary N) is 1. The number of rotatable bonds is 3. The fraction of sp³-hybridized carbons (Fsp3) is 0.333. The summed E-state index contributed by atoms with van der Waals surface area (Å²) in [6.45, 7) is 2.80. The highest BCUT2D eigenvalue weighted by Crippen LogP contribution is 2.39. The Morgan fingerprint density at radius 1 is 1.18 bits per heavy atom. The minimum atomic E-state index is -0.338. The Balaban J connectivity index is 1.37. The van der Waals surface area contributed by atoms with Crippen molar-refractivity contribution in [2.75, 3.05) is 17.6 Å². The van der Waals surface area contributed by atoms with Gasteiger partial charge in [0.15, 0.2) is 0 Å². The third kappa shape index (κ3) is 6.16. The van der Waals surface area contributed by atoms with Crippen molar-refractivity contribution in [1.82, 2.24) is 30.4 Å². The Labute approximate surface area is 255 Å². The number of anilines is 2. The number of amides is 2. The van der Waals surface area contributed by atoms with Crippen molar-refractivity contribution in [3.8, 4) is 17.3 Å². The average Bonchev–Trinajstić information content (AvgIpc) is 3.43. The zero-order valence-electron chi connectivity index (χ0n) is 24.6. The van der Waals surface area contributed by atoms with Crippen molar-refractivity contribution in [2.24, 2.45) is 0 Å². The van der Waals surface area contributed by atoms with E-state index in [1.54, 1.807) is 24.4 Å². The molecule has 0 unspecified atom stereocenters. The first kappa shape index (κ1) is 29.0.